The Morgan fingerprint density at radius 1 is 1.28 bits per heavy atom. The van der Waals surface area contributed by atoms with Crippen molar-refractivity contribution >= 4 is 11.3 Å². The van der Waals surface area contributed by atoms with E-state index in [1.54, 1.807) is 6.07 Å². The maximum absolute atomic E-state index is 13.7. The first-order chi connectivity index (χ1) is 8.41. The third kappa shape index (κ3) is 2.51. The Morgan fingerprint density at radius 3 is 2.50 bits per heavy atom. The van der Waals surface area contributed by atoms with Gasteiger partial charge in [0.1, 0.15) is 5.82 Å². The molecule has 2 N–H and O–H groups in total. The zero-order valence-corrected chi connectivity index (χ0v) is 9.78. The average Bonchev–Trinajstić information content (AvgIpc) is 2.77. The summed E-state index contributed by atoms with van der Waals surface area (Å²) in [5.74, 6) is -0.602. The van der Waals surface area contributed by atoms with E-state index in [2.05, 4.69) is 4.98 Å². The van der Waals surface area contributed by atoms with Crippen LogP contribution in [0.5, 0.6) is 0 Å². The molecule has 7 heteroatoms. The standard InChI is InChI=1S/C11H8F4N2S/c12-8-3-6(4-16)1-2-7(8)9-5-17-10(18-9)11(13,14)15/h1-3,5H,4,16H2. The van der Waals surface area contributed by atoms with Gasteiger partial charge in [-0.1, -0.05) is 12.1 Å². The van der Waals surface area contributed by atoms with Gasteiger partial charge in [0.2, 0.25) is 0 Å². The molecule has 0 unspecified atom stereocenters. The van der Waals surface area contributed by atoms with Crippen LogP contribution in [0.4, 0.5) is 17.6 Å². The molecule has 18 heavy (non-hydrogen) atoms. The average molecular weight is 276 g/mol. The molecule has 0 bridgehead atoms. The van der Waals surface area contributed by atoms with Gasteiger partial charge in [0.05, 0.1) is 4.88 Å². The zero-order valence-electron chi connectivity index (χ0n) is 8.96. The monoisotopic (exact) mass is 276 g/mol. The predicted octanol–water partition coefficient (Wildman–Crippen LogP) is 3.43. The van der Waals surface area contributed by atoms with Gasteiger partial charge in [0, 0.05) is 18.3 Å². The fourth-order valence-electron chi connectivity index (χ4n) is 1.42. The van der Waals surface area contributed by atoms with Crippen LogP contribution in [0.15, 0.2) is 24.4 Å². The summed E-state index contributed by atoms with van der Waals surface area (Å²) in [7, 11) is 0. The van der Waals surface area contributed by atoms with Gasteiger partial charge in [-0.3, -0.25) is 0 Å². The Bertz CT molecular complexity index is 562. The van der Waals surface area contributed by atoms with Gasteiger partial charge in [-0.2, -0.15) is 13.2 Å². The van der Waals surface area contributed by atoms with E-state index in [0.29, 0.717) is 16.9 Å². The summed E-state index contributed by atoms with van der Waals surface area (Å²) < 4.78 is 50.8. The molecule has 1 aromatic carbocycles. The lowest BCUT2D eigenvalue weighted by atomic mass is 10.1. The van der Waals surface area contributed by atoms with Crippen LogP contribution in [0.3, 0.4) is 0 Å². The normalized spacial score (nSPS) is 11.8. The number of alkyl halides is 3. The molecule has 0 spiro atoms. The molecule has 1 aromatic heterocycles. The number of halogens is 4. The van der Waals surface area contributed by atoms with Crippen LogP contribution in [-0.4, -0.2) is 4.98 Å². The Balaban J connectivity index is 2.40. The summed E-state index contributed by atoms with van der Waals surface area (Å²) in [6, 6.07) is 4.19. The van der Waals surface area contributed by atoms with Crippen molar-refractivity contribution in [2.24, 2.45) is 5.73 Å². The molecular weight excluding hydrogens is 268 g/mol. The Hall–Kier alpha value is -1.47. The fraction of sp³-hybridized carbons (Fsp3) is 0.182. The van der Waals surface area contributed by atoms with Crippen LogP contribution in [0.1, 0.15) is 10.6 Å². The summed E-state index contributed by atoms with van der Waals surface area (Å²) in [4.78, 5) is 3.39. The van der Waals surface area contributed by atoms with Crippen molar-refractivity contribution in [1.29, 1.82) is 0 Å². The lowest BCUT2D eigenvalue weighted by molar-refractivity contribution is -0.137. The molecule has 0 aliphatic heterocycles. The summed E-state index contributed by atoms with van der Waals surface area (Å²) in [5.41, 5.74) is 6.02. The van der Waals surface area contributed by atoms with Gasteiger partial charge < -0.3 is 5.73 Å². The molecule has 96 valence electrons. The van der Waals surface area contributed by atoms with E-state index in [-0.39, 0.29) is 17.0 Å². The van der Waals surface area contributed by atoms with Crippen LogP contribution in [0, 0.1) is 5.82 Å². The third-order valence-corrected chi connectivity index (χ3v) is 3.36. The molecule has 0 amide bonds. The highest BCUT2D eigenvalue weighted by atomic mass is 32.1. The molecule has 0 fully saturated rings. The van der Waals surface area contributed by atoms with Crippen molar-refractivity contribution in [2.45, 2.75) is 12.7 Å². The van der Waals surface area contributed by atoms with Gasteiger partial charge in [0.25, 0.3) is 0 Å². The Labute approximate surface area is 104 Å². The second-order valence-electron chi connectivity index (χ2n) is 3.55. The molecule has 0 saturated carbocycles. The number of aromatic nitrogens is 1. The van der Waals surface area contributed by atoms with Gasteiger partial charge in [-0.25, -0.2) is 9.37 Å². The van der Waals surface area contributed by atoms with Crippen molar-refractivity contribution in [3.8, 4) is 10.4 Å². The third-order valence-electron chi connectivity index (χ3n) is 2.28. The maximum Gasteiger partial charge on any atom is 0.443 e. The van der Waals surface area contributed by atoms with Crippen molar-refractivity contribution < 1.29 is 17.6 Å². The summed E-state index contributed by atoms with van der Waals surface area (Å²) in [6.45, 7) is 0.174. The van der Waals surface area contributed by atoms with Crippen LogP contribution in [-0.2, 0) is 12.7 Å². The molecular formula is C11H8F4N2S. The predicted molar refractivity (Wildman–Crippen MR) is 60.4 cm³/mol. The molecule has 2 aromatic rings. The van der Waals surface area contributed by atoms with Crippen molar-refractivity contribution in [3.63, 3.8) is 0 Å². The van der Waals surface area contributed by atoms with E-state index in [1.165, 1.54) is 12.1 Å². The zero-order chi connectivity index (χ0) is 13.3. The highest BCUT2D eigenvalue weighted by molar-refractivity contribution is 7.15. The van der Waals surface area contributed by atoms with Crippen molar-refractivity contribution in [2.75, 3.05) is 0 Å². The minimum atomic E-state index is -4.50. The second kappa shape index (κ2) is 4.66. The summed E-state index contributed by atoms with van der Waals surface area (Å²) >= 11 is 0.413. The molecule has 0 atom stereocenters. The van der Waals surface area contributed by atoms with Gasteiger partial charge >= 0.3 is 6.18 Å². The van der Waals surface area contributed by atoms with Crippen LogP contribution >= 0.6 is 11.3 Å². The Kier molecular flexibility index (Phi) is 3.36. The topological polar surface area (TPSA) is 38.9 Å². The number of rotatable bonds is 2. The van der Waals surface area contributed by atoms with Gasteiger partial charge in [-0.15, -0.1) is 11.3 Å². The maximum atomic E-state index is 13.7. The fourth-order valence-corrected chi connectivity index (χ4v) is 2.23. The quantitative estimate of drug-likeness (QED) is 0.853. The van der Waals surface area contributed by atoms with Gasteiger partial charge in [-0.05, 0) is 11.6 Å². The first-order valence-corrected chi connectivity index (χ1v) is 5.75. The Morgan fingerprint density at radius 2 is 2.00 bits per heavy atom. The van der Waals surface area contributed by atoms with E-state index in [9.17, 15) is 17.6 Å². The largest absolute Gasteiger partial charge is 0.443 e. The highest BCUT2D eigenvalue weighted by Gasteiger charge is 2.34. The van der Waals surface area contributed by atoms with E-state index >= 15 is 0 Å². The molecule has 1 heterocycles. The molecule has 0 aliphatic rings. The lowest BCUT2D eigenvalue weighted by Crippen LogP contribution is -2.02. The van der Waals surface area contributed by atoms with Crippen molar-refractivity contribution in [3.05, 3.63) is 40.8 Å². The molecule has 0 radical (unpaired) electrons. The van der Waals surface area contributed by atoms with Crippen LogP contribution in [0.2, 0.25) is 0 Å². The van der Waals surface area contributed by atoms with E-state index in [1.807, 2.05) is 0 Å². The summed E-state index contributed by atoms with van der Waals surface area (Å²) in [6.07, 6.45) is -3.48. The number of nitrogens with zero attached hydrogens (tertiary/aromatic N) is 1. The van der Waals surface area contributed by atoms with Crippen LogP contribution in [0.25, 0.3) is 10.4 Å². The summed E-state index contributed by atoms with van der Waals surface area (Å²) in [5, 5.41) is -0.986. The van der Waals surface area contributed by atoms with E-state index in [4.69, 9.17) is 5.73 Å². The molecule has 0 saturated heterocycles. The molecule has 2 nitrogen and oxygen atoms in total. The first-order valence-electron chi connectivity index (χ1n) is 4.93. The molecule has 0 aliphatic carbocycles. The van der Waals surface area contributed by atoms with Crippen LogP contribution < -0.4 is 5.73 Å². The number of thiazole rings is 1. The smallest absolute Gasteiger partial charge is 0.326 e. The number of hydrogen-bond acceptors (Lipinski definition) is 3. The van der Waals surface area contributed by atoms with E-state index < -0.39 is 17.0 Å². The number of benzene rings is 1. The van der Waals surface area contributed by atoms with Gasteiger partial charge in [0.15, 0.2) is 5.01 Å². The van der Waals surface area contributed by atoms with E-state index in [0.717, 1.165) is 6.20 Å². The molecule has 2 rings (SSSR count). The number of hydrogen-bond donors (Lipinski definition) is 1. The lowest BCUT2D eigenvalue weighted by Gasteiger charge is -2.02. The van der Waals surface area contributed by atoms with Crippen molar-refractivity contribution in [1.82, 2.24) is 4.98 Å². The highest BCUT2D eigenvalue weighted by Crippen LogP contribution is 2.37. The minimum Gasteiger partial charge on any atom is -0.326 e. The second-order valence-corrected chi connectivity index (χ2v) is 4.58. The SMILES string of the molecule is NCc1ccc(-c2cnc(C(F)(F)F)s2)c(F)c1. The first kappa shape index (κ1) is 13.0. The number of nitrogens with two attached hydrogens (primary N) is 1. The minimum absolute atomic E-state index is 0.0974.